The first kappa shape index (κ1) is 15.0. The van der Waals surface area contributed by atoms with Crippen molar-refractivity contribution in [3.8, 4) is 5.75 Å². The second-order valence-corrected chi connectivity index (χ2v) is 6.31. The van der Waals surface area contributed by atoms with Gasteiger partial charge in [0, 0.05) is 11.9 Å². The number of phenolic OH excluding ortho intramolecular Hbond substituents is 1. The van der Waals surface area contributed by atoms with Gasteiger partial charge in [-0.25, -0.2) is 4.98 Å². The number of phenols is 1. The third-order valence-electron chi connectivity index (χ3n) is 3.76. The molecule has 6 heteroatoms. The van der Waals surface area contributed by atoms with Gasteiger partial charge in [-0.3, -0.25) is 15.0 Å². The average Bonchev–Trinajstić information content (AvgIpc) is 2.95. The number of hydrogen-bond donors (Lipinski definition) is 2. The Bertz CT molecular complexity index is 650. The van der Waals surface area contributed by atoms with Crippen LogP contribution < -0.4 is 5.32 Å². The number of thiazole rings is 1. The highest BCUT2D eigenvalue weighted by Gasteiger charge is 2.15. The van der Waals surface area contributed by atoms with Crippen LogP contribution >= 0.6 is 11.3 Å². The third kappa shape index (κ3) is 3.64. The molecule has 5 nitrogen and oxygen atoms in total. The van der Waals surface area contributed by atoms with E-state index in [1.54, 1.807) is 18.2 Å². The number of carbonyl (C=O) groups is 1. The van der Waals surface area contributed by atoms with Crippen molar-refractivity contribution < 1.29 is 9.90 Å². The molecule has 1 aromatic carbocycles. The van der Waals surface area contributed by atoms with Gasteiger partial charge >= 0.3 is 0 Å². The molecule has 1 saturated heterocycles. The number of nitrogens with one attached hydrogen (secondary N) is 1. The van der Waals surface area contributed by atoms with Gasteiger partial charge in [0.25, 0.3) is 5.91 Å². The van der Waals surface area contributed by atoms with Crippen LogP contribution in [0.1, 0.15) is 35.3 Å². The smallest absolute Gasteiger partial charge is 0.261 e. The molecule has 3 rings (SSSR count). The zero-order chi connectivity index (χ0) is 15.4. The van der Waals surface area contributed by atoms with Crippen LogP contribution in [0, 0.1) is 0 Å². The van der Waals surface area contributed by atoms with E-state index in [1.165, 1.54) is 36.7 Å². The van der Waals surface area contributed by atoms with Crippen molar-refractivity contribution in [2.45, 2.75) is 25.8 Å². The number of rotatable bonds is 4. The molecule has 0 bridgehead atoms. The molecule has 2 aromatic rings. The van der Waals surface area contributed by atoms with E-state index in [0.717, 1.165) is 25.3 Å². The van der Waals surface area contributed by atoms with Gasteiger partial charge in [-0.05, 0) is 38.1 Å². The minimum Gasteiger partial charge on any atom is -0.507 e. The molecule has 0 aliphatic carbocycles. The van der Waals surface area contributed by atoms with Crippen LogP contribution in [0.4, 0.5) is 5.13 Å². The molecule has 2 N–H and O–H groups in total. The SMILES string of the molecule is O=C(Nc1nc(CN2CCCCC2)cs1)c1ccccc1O. The van der Waals surface area contributed by atoms with E-state index in [9.17, 15) is 9.90 Å². The number of likely N-dealkylation sites (tertiary alicyclic amines) is 1. The summed E-state index contributed by atoms with van der Waals surface area (Å²) >= 11 is 1.42. The summed E-state index contributed by atoms with van der Waals surface area (Å²) in [6.45, 7) is 3.08. The average molecular weight is 317 g/mol. The summed E-state index contributed by atoms with van der Waals surface area (Å²) in [6.07, 6.45) is 3.82. The van der Waals surface area contributed by atoms with Gasteiger partial charge < -0.3 is 5.11 Å². The number of aromatic hydroxyl groups is 1. The Morgan fingerprint density at radius 2 is 2.05 bits per heavy atom. The monoisotopic (exact) mass is 317 g/mol. The maximum absolute atomic E-state index is 12.1. The molecule has 0 atom stereocenters. The molecular weight excluding hydrogens is 298 g/mol. The van der Waals surface area contributed by atoms with Crippen LogP contribution in [0.2, 0.25) is 0 Å². The second-order valence-electron chi connectivity index (χ2n) is 5.45. The van der Waals surface area contributed by atoms with E-state index in [2.05, 4.69) is 15.2 Å². The molecule has 1 amide bonds. The van der Waals surface area contributed by atoms with Crippen molar-refractivity contribution in [2.75, 3.05) is 18.4 Å². The van der Waals surface area contributed by atoms with Crippen LogP contribution in [-0.2, 0) is 6.54 Å². The van der Waals surface area contributed by atoms with Gasteiger partial charge in [0.05, 0.1) is 11.3 Å². The largest absolute Gasteiger partial charge is 0.507 e. The third-order valence-corrected chi connectivity index (χ3v) is 4.56. The number of aromatic nitrogens is 1. The van der Waals surface area contributed by atoms with E-state index in [-0.39, 0.29) is 17.2 Å². The molecule has 1 aliphatic rings. The van der Waals surface area contributed by atoms with E-state index in [0.29, 0.717) is 5.13 Å². The first-order valence-electron chi connectivity index (χ1n) is 7.48. The predicted molar refractivity (Wildman–Crippen MR) is 87.3 cm³/mol. The first-order chi connectivity index (χ1) is 10.7. The van der Waals surface area contributed by atoms with Gasteiger partial charge in [0.15, 0.2) is 5.13 Å². The summed E-state index contributed by atoms with van der Waals surface area (Å²) in [6, 6.07) is 6.50. The normalized spacial score (nSPS) is 15.6. The zero-order valence-electron chi connectivity index (χ0n) is 12.3. The van der Waals surface area contributed by atoms with Crippen LogP contribution in [0.15, 0.2) is 29.6 Å². The Labute approximate surface area is 133 Å². The number of carbonyl (C=O) groups excluding carboxylic acids is 1. The van der Waals surface area contributed by atoms with E-state index in [1.807, 2.05) is 5.38 Å². The minimum atomic E-state index is -0.336. The van der Waals surface area contributed by atoms with Crippen molar-refractivity contribution in [1.29, 1.82) is 0 Å². The molecule has 0 radical (unpaired) electrons. The van der Waals surface area contributed by atoms with Crippen molar-refractivity contribution in [3.05, 3.63) is 40.9 Å². The van der Waals surface area contributed by atoms with Crippen LogP contribution in [0.3, 0.4) is 0 Å². The number of piperidine rings is 1. The fourth-order valence-corrected chi connectivity index (χ4v) is 3.31. The fourth-order valence-electron chi connectivity index (χ4n) is 2.61. The number of nitrogens with zero attached hydrogens (tertiary/aromatic N) is 2. The number of hydrogen-bond acceptors (Lipinski definition) is 5. The van der Waals surface area contributed by atoms with Gasteiger partial charge in [-0.15, -0.1) is 11.3 Å². The maximum Gasteiger partial charge on any atom is 0.261 e. The Hall–Kier alpha value is -1.92. The number of amides is 1. The van der Waals surface area contributed by atoms with Crippen LogP contribution in [0.25, 0.3) is 0 Å². The minimum absolute atomic E-state index is 0.0231. The molecule has 0 saturated carbocycles. The summed E-state index contributed by atoms with van der Waals surface area (Å²) in [5.41, 5.74) is 1.25. The topological polar surface area (TPSA) is 65.5 Å². The molecule has 0 unspecified atom stereocenters. The first-order valence-corrected chi connectivity index (χ1v) is 8.36. The summed E-state index contributed by atoms with van der Waals surface area (Å²) in [4.78, 5) is 19.0. The van der Waals surface area contributed by atoms with Crippen molar-refractivity contribution in [1.82, 2.24) is 9.88 Å². The highest BCUT2D eigenvalue weighted by atomic mass is 32.1. The number of anilines is 1. The van der Waals surface area contributed by atoms with Gasteiger partial charge in [-0.2, -0.15) is 0 Å². The number of benzene rings is 1. The van der Waals surface area contributed by atoms with Gasteiger partial charge in [0.2, 0.25) is 0 Å². The van der Waals surface area contributed by atoms with Gasteiger partial charge in [-0.1, -0.05) is 18.6 Å². The molecule has 1 fully saturated rings. The fraction of sp³-hybridized carbons (Fsp3) is 0.375. The predicted octanol–water partition coefficient (Wildman–Crippen LogP) is 3.09. The van der Waals surface area contributed by atoms with Crippen LogP contribution in [0.5, 0.6) is 5.75 Å². The van der Waals surface area contributed by atoms with Crippen molar-refractivity contribution in [3.63, 3.8) is 0 Å². The Morgan fingerprint density at radius 3 is 2.82 bits per heavy atom. The highest BCUT2D eigenvalue weighted by Crippen LogP contribution is 2.21. The summed E-state index contributed by atoms with van der Waals surface area (Å²) < 4.78 is 0. The van der Waals surface area contributed by atoms with E-state index >= 15 is 0 Å². The molecular formula is C16H19N3O2S. The second kappa shape index (κ2) is 6.89. The zero-order valence-corrected chi connectivity index (χ0v) is 13.1. The van der Waals surface area contributed by atoms with E-state index in [4.69, 9.17) is 0 Å². The lowest BCUT2D eigenvalue weighted by atomic mass is 10.1. The summed E-state index contributed by atoms with van der Waals surface area (Å²) in [5, 5.41) is 15.0. The Morgan fingerprint density at radius 1 is 1.27 bits per heavy atom. The Balaban J connectivity index is 1.61. The number of para-hydroxylation sites is 1. The summed E-state index contributed by atoms with van der Waals surface area (Å²) in [7, 11) is 0. The van der Waals surface area contributed by atoms with Crippen molar-refractivity contribution >= 4 is 22.4 Å². The highest BCUT2D eigenvalue weighted by molar-refractivity contribution is 7.14. The van der Waals surface area contributed by atoms with Crippen molar-refractivity contribution in [2.24, 2.45) is 0 Å². The standard InChI is InChI=1S/C16H19N3O2S/c20-14-7-3-2-6-13(14)15(21)18-16-17-12(11-22-16)10-19-8-4-1-5-9-19/h2-3,6-7,11,20H,1,4-5,8-10H2,(H,17,18,21). The lowest BCUT2D eigenvalue weighted by Crippen LogP contribution is -2.29. The molecule has 0 spiro atoms. The maximum atomic E-state index is 12.1. The molecule has 116 valence electrons. The lowest BCUT2D eigenvalue weighted by Gasteiger charge is -2.25. The molecule has 1 aliphatic heterocycles. The van der Waals surface area contributed by atoms with Gasteiger partial charge in [0.1, 0.15) is 5.75 Å². The van der Waals surface area contributed by atoms with Crippen LogP contribution in [-0.4, -0.2) is 34.0 Å². The molecule has 1 aromatic heterocycles. The van der Waals surface area contributed by atoms with E-state index < -0.39 is 0 Å². The summed E-state index contributed by atoms with van der Waals surface area (Å²) in [5.74, 6) is -0.359. The Kier molecular flexibility index (Phi) is 4.70. The lowest BCUT2D eigenvalue weighted by molar-refractivity contribution is 0.102. The molecule has 2 heterocycles. The molecule has 22 heavy (non-hydrogen) atoms. The quantitative estimate of drug-likeness (QED) is 0.909.